The van der Waals surface area contributed by atoms with Gasteiger partial charge in [-0.3, -0.25) is 4.79 Å². The predicted molar refractivity (Wildman–Crippen MR) is 36.6 cm³/mol. The fourth-order valence-electron chi connectivity index (χ4n) is 1.00. The van der Waals surface area contributed by atoms with Gasteiger partial charge >= 0.3 is 6.18 Å². The Hall–Kier alpha value is -0.820. The fourth-order valence-corrected chi connectivity index (χ4v) is 1.00. The molecule has 4 nitrogen and oxygen atoms in total. The van der Waals surface area contributed by atoms with Crippen molar-refractivity contribution in [3.05, 3.63) is 0 Å². The number of hydrogen-bond donors (Lipinski definition) is 2. The summed E-state index contributed by atoms with van der Waals surface area (Å²) < 4.78 is 35.3. The molecule has 2 unspecified atom stereocenters. The average Bonchev–Trinajstić information content (AvgIpc) is 2.01. The van der Waals surface area contributed by atoms with Crippen molar-refractivity contribution in [1.29, 1.82) is 0 Å². The van der Waals surface area contributed by atoms with Crippen LogP contribution in [0.5, 0.6) is 0 Å². The highest BCUT2D eigenvalue weighted by Crippen LogP contribution is 2.22. The molecule has 0 aromatic carbocycles. The molecule has 0 aromatic heterocycles. The van der Waals surface area contributed by atoms with Crippen molar-refractivity contribution in [1.82, 2.24) is 4.90 Å². The minimum atomic E-state index is -4.68. The van der Waals surface area contributed by atoms with Gasteiger partial charge in [-0.25, -0.2) is 0 Å². The molecule has 0 radical (unpaired) electrons. The first-order valence-corrected chi connectivity index (χ1v) is 3.61. The highest BCUT2D eigenvalue weighted by atomic mass is 19.4. The number of carbonyl (C=O) groups is 1. The lowest BCUT2D eigenvalue weighted by molar-refractivity contribution is -0.210. The number of amides is 1. The molecule has 0 saturated carbocycles. The van der Waals surface area contributed by atoms with E-state index in [1.54, 1.807) is 0 Å². The molecular weight excluding hydrogens is 189 g/mol. The van der Waals surface area contributed by atoms with E-state index in [4.69, 9.17) is 10.8 Å². The molecule has 0 bridgehead atoms. The molecule has 76 valence electrons. The van der Waals surface area contributed by atoms with E-state index in [1.807, 2.05) is 0 Å². The minimum Gasteiger partial charge on any atom is -0.382 e. The van der Waals surface area contributed by atoms with Crippen LogP contribution in [-0.4, -0.2) is 47.3 Å². The molecule has 3 N–H and O–H groups in total. The monoisotopic (exact) mass is 198 g/mol. The molecule has 0 spiro atoms. The highest BCUT2D eigenvalue weighted by molar-refractivity contribution is 5.87. The summed E-state index contributed by atoms with van der Waals surface area (Å²) in [5, 5.41) is 8.57. The maximum atomic E-state index is 11.8. The van der Waals surface area contributed by atoms with E-state index < -0.39 is 30.8 Å². The van der Waals surface area contributed by atoms with Crippen LogP contribution in [0.3, 0.4) is 0 Å². The average molecular weight is 198 g/mol. The number of aliphatic hydroxyl groups excluding tert-OH is 1. The van der Waals surface area contributed by atoms with Gasteiger partial charge in [0.25, 0.3) is 0 Å². The molecule has 1 rings (SSSR count). The first-order valence-electron chi connectivity index (χ1n) is 3.61. The van der Waals surface area contributed by atoms with Gasteiger partial charge in [-0.15, -0.1) is 0 Å². The summed E-state index contributed by atoms with van der Waals surface area (Å²) in [7, 11) is 0. The quantitative estimate of drug-likeness (QED) is 0.564. The second-order valence-electron chi connectivity index (χ2n) is 2.91. The Kier molecular flexibility index (Phi) is 2.49. The van der Waals surface area contributed by atoms with Gasteiger partial charge in [-0.2, -0.15) is 13.2 Å². The van der Waals surface area contributed by atoms with E-state index in [1.165, 1.54) is 0 Å². The highest BCUT2D eigenvalue weighted by Gasteiger charge is 2.43. The maximum Gasteiger partial charge on any atom is 0.416 e. The predicted octanol–water partition coefficient (Wildman–Crippen LogP) is -0.921. The van der Waals surface area contributed by atoms with Crippen LogP contribution >= 0.6 is 0 Å². The molecule has 1 aliphatic heterocycles. The maximum absolute atomic E-state index is 11.8. The summed E-state index contributed by atoms with van der Waals surface area (Å²) in [5.74, 6) is -0.552. The molecule has 1 heterocycles. The van der Waals surface area contributed by atoms with Gasteiger partial charge in [0.15, 0.2) is 6.10 Å². The van der Waals surface area contributed by atoms with E-state index in [2.05, 4.69) is 0 Å². The molecule has 1 fully saturated rings. The number of carbonyl (C=O) groups excluding carboxylic acids is 1. The Morgan fingerprint density at radius 1 is 1.69 bits per heavy atom. The number of halogens is 3. The lowest BCUT2D eigenvalue weighted by atomic mass is 10.1. The molecule has 1 amide bonds. The Labute approximate surface area is 72.1 Å². The zero-order chi connectivity index (χ0) is 10.2. The van der Waals surface area contributed by atoms with Gasteiger partial charge in [-0.05, 0) is 0 Å². The van der Waals surface area contributed by atoms with Crippen LogP contribution in [0.2, 0.25) is 0 Å². The van der Waals surface area contributed by atoms with Crippen LogP contribution < -0.4 is 5.73 Å². The Morgan fingerprint density at radius 2 is 2.23 bits per heavy atom. The fraction of sp³-hybridized carbons (Fsp3) is 0.833. The van der Waals surface area contributed by atoms with Crippen molar-refractivity contribution in [2.75, 3.05) is 13.1 Å². The van der Waals surface area contributed by atoms with Crippen molar-refractivity contribution in [2.45, 2.75) is 18.3 Å². The van der Waals surface area contributed by atoms with Crippen LogP contribution in [0.1, 0.15) is 0 Å². The largest absolute Gasteiger partial charge is 0.416 e. The van der Waals surface area contributed by atoms with Crippen molar-refractivity contribution in [3.63, 3.8) is 0 Å². The Balaban J connectivity index is 2.39. The SMILES string of the molecule is NC1CN(CC(O)C(F)(F)F)C1=O. The third kappa shape index (κ3) is 2.10. The summed E-state index contributed by atoms with van der Waals surface area (Å²) in [4.78, 5) is 11.6. The second kappa shape index (κ2) is 3.15. The first kappa shape index (κ1) is 10.3. The van der Waals surface area contributed by atoms with E-state index >= 15 is 0 Å². The first-order chi connectivity index (χ1) is 5.82. The number of β-amino-alcohol motifs (C(OH)–C–C–N with tert-alkyl or cyclic N) is 1. The zero-order valence-electron chi connectivity index (χ0n) is 6.58. The standard InChI is InChI=1S/C6H9F3N2O2/c7-6(8,9)4(12)2-11-1-3(10)5(11)13/h3-4,12H,1-2,10H2. The third-order valence-electron chi connectivity index (χ3n) is 1.82. The van der Waals surface area contributed by atoms with Gasteiger partial charge in [0, 0.05) is 6.54 Å². The van der Waals surface area contributed by atoms with Gasteiger partial charge in [-0.1, -0.05) is 0 Å². The zero-order valence-corrected chi connectivity index (χ0v) is 6.58. The minimum absolute atomic E-state index is 0.0754. The van der Waals surface area contributed by atoms with Gasteiger partial charge in [0.05, 0.1) is 6.54 Å². The van der Waals surface area contributed by atoms with Crippen LogP contribution in [0, 0.1) is 0 Å². The summed E-state index contributed by atoms with van der Waals surface area (Å²) in [6.07, 6.45) is -7.16. The van der Waals surface area contributed by atoms with E-state index in [0.717, 1.165) is 4.90 Å². The number of alkyl halides is 3. The molecule has 0 aliphatic carbocycles. The lowest BCUT2D eigenvalue weighted by Crippen LogP contribution is -2.63. The van der Waals surface area contributed by atoms with Gasteiger partial charge in [0.2, 0.25) is 5.91 Å². The van der Waals surface area contributed by atoms with Crippen molar-refractivity contribution >= 4 is 5.91 Å². The van der Waals surface area contributed by atoms with Crippen LogP contribution in [0.4, 0.5) is 13.2 Å². The van der Waals surface area contributed by atoms with Crippen molar-refractivity contribution < 1.29 is 23.1 Å². The van der Waals surface area contributed by atoms with Crippen molar-refractivity contribution in [2.24, 2.45) is 5.73 Å². The van der Waals surface area contributed by atoms with Gasteiger partial charge < -0.3 is 15.7 Å². The normalized spacial score (nSPS) is 25.8. The number of nitrogens with zero attached hydrogens (tertiary/aromatic N) is 1. The summed E-state index contributed by atoms with van der Waals surface area (Å²) in [6, 6.07) is -0.708. The number of β-lactam (4-membered cyclic amide) rings is 1. The van der Waals surface area contributed by atoms with Crippen LogP contribution in [-0.2, 0) is 4.79 Å². The summed E-state index contributed by atoms with van der Waals surface area (Å²) in [5.41, 5.74) is 5.14. The van der Waals surface area contributed by atoms with Crippen molar-refractivity contribution in [3.8, 4) is 0 Å². The Morgan fingerprint density at radius 3 is 2.54 bits per heavy atom. The molecule has 2 atom stereocenters. The molecule has 1 saturated heterocycles. The van der Waals surface area contributed by atoms with E-state index in [-0.39, 0.29) is 6.54 Å². The molecule has 7 heteroatoms. The third-order valence-corrected chi connectivity index (χ3v) is 1.82. The lowest BCUT2D eigenvalue weighted by Gasteiger charge is -2.37. The number of rotatable bonds is 2. The molecule has 0 aromatic rings. The smallest absolute Gasteiger partial charge is 0.382 e. The van der Waals surface area contributed by atoms with E-state index in [9.17, 15) is 18.0 Å². The second-order valence-corrected chi connectivity index (χ2v) is 2.91. The number of likely N-dealkylation sites (tertiary alicyclic amines) is 1. The summed E-state index contributed by atoms with van der Waals surface area (Å²) in [6.45, 7) is -0.651. The Bertz CT molecular complexity index is 218. The number of hydrogen-bond acceptors (Lipinski definition) is 3. The molecular formula is C6H9F3N2O2. The molecule has 1 aliphatic rings. The summed E-state index contributed by atoms with van der Waals surface area (Å²) >= 11 is 0. The van der Waals surface area contributed by atoms with E-state index in [0.29, 0.717) is 0 Å². The number of nitrogens with two attached hydrogens (primary N) is 1. The number of aliphatic hydroxyl groups is 1. The topological polar surface area (TPSA) is 66.6 Å². The van der Waals surface area contributed by atoms with Crippen LogP contribution in [0.25, 0.3) is 0 Å². The van der Waals surface area contributed by atoms with Crippen LogP contribution in [0.15, 0.2) is 0 Å². The van der Waals surface area contributed by atoms with Gasteiger partial charge in [0.1, 0.15) is 6.04 Å². The molecule has 13 heavy (non-hydrogen) atoms.